The highest BCUT2D eigenvalue weighted by molar-refractivity contribution is 8.00. The maximum absolute atomic E-state index is 12.0. The second kappa shape index (κ2) is 7.98. The summed E-state index contributed by atoms with van der Waals surface area (Å²) in [6.07, 6.45) is 0.888. The fourth-order valence-electron chi connectivity index (χ4n) is 1.17. The molecule has 0 aliphatic rings. The molecule has 0 saturated carbocycles. The first-order chi connectivity index (χ1) is 9.44. The minimum atomic E-state index is -4.23. The Balaban J connectivity index is 2.55. The van der Waals surface area contributed by atoms with Crippen molar-refractivity contribution >= 4 is 23.7 Å². The van der Waals surface area contributed by atoms with Gasteiger partial charge in [-0.05, 0) is 18.2 Å². The van der Waals surface area contributed by atoms with Gasteiger partial charge in [0, 0.05) is 18.8 Å². The maximum atomic E-state index is 12.0. The first kappa shape index (κ1) is 16.6. The van der Waals surface area contributed by atoms with Crippen molar-refractivity contribution in [2.45, 2.75) is 18.9 Å². The lowest BCUT2D eigenvalue weighted by Crippen LogP contribution is -2.14. The molecule has 1 aromatic rings. The summed E-state index contributed by atoms with van der Waals surface area (Å²) in [6.45, 7) is 2.75. The smallest absolute Gasteiger partial charge is 0.441 e. The molecule has 0 bridgehead atoms. The molecule has 0 spiro atoms. The Bertz CT molecular complexity index is 418. The summed E-state index contributed by atoms with van der Waals surface area (Å²) in [5, 5.41) is 5.66. The Labute approximate surface area is 118 Å². The van der Waals surface area contributed by atoms with Crippen molar-refractivity contribution in [2.75, 3.05) is 36.6 Å². The van der Waals surface area contributed by atoms with Crippen LogP contribution in [-0.4, -0.2) is 46.4 Å². The number of nitrogens with one attached hydrogen (secondary N) is 2. The van der Waals surface area contributed by atoms with Gasteiger partial charge in [-0.2, -0.15) is 28.1 Å². The van der Waals surface area contributed by atoms with Crippen LogP contribution in [0.25, 0.3) is 0 Å². The van der Waals surface area contributed by atoms with Gasteiger partial charge in [-0.1, -0.05) is 6.92 Å². The quantitative estimate of drug-likeness (QED) is 0.714. The SMILES string of the molecule is CCCNc1nc(NCCSC(F)(F)F)nc(OC)n1. The lowest BCUT2D eigenvalue weighted by molar-refractivity contribution is -0.0327. The van der Waals surface area contributed by atoms with Crippen LogP contribution in [0.2, 0.25) is 0 Å². The normalized spacial score (nSPS) is 11.2. The third-order valence-corrected chi connectivity index (χ3v) is 2.72. The van der Waals surface area contributed by atoms with Crippen LogP contribution in [0, 0.1) is 0 Å². The number of halogens is 3. The van der Waals surface area contributed by atoms with E-state index in [9.17, 15) is 13.2 Å². The number of ether oxygens (including phenoxy) is 1. The van der Waals surface area contributed by atoms with E-state index in [0.717, 1.165) is 6.42 Å². The first-order valence-corrected chi connectivity index (χ1v) is 6.91. The Morgan fingerprint density at radius 1 is 1.10 bits per heavy atom. The first-order valence-electron chi connectivity index (χ1n) is 5.93. The van der Waals surface area contributed by atoms with Crippen molar-refractivity contribution in [3.05, 3.63) is 0 Å². The van der Waals surface area contributed by atoms with Gasteiger partial charge in [-0.3, -0.25) is 0 Å². The van der Waals surface area contributed by atoms with Crippen molar-refractivity contribution < 1.29 is 17.9 Å². The average Bonchev–Trinajstić information content (AvgIpc) is 2.40. The number of thioether (sulfide) groups is 1. The Morgan fingerprint density at radius 2 is 1.70 bits per heavy atom. The van der Waals surface area contributed by atoms with Gasteiger partial charge in [0.15, 0.2) is 0 Å². The van der Waals surface area contributed by atoms with E-state index in [1.54, 1.807) is 0 Å². The number of anilines is 2. The summed E-state index contributed by atoms with van der Waals surface area (Å²) in [5.74, 6) is 0.373. The monoisotopic (exact) mass is 311 g/mol. The summed E-state index contributed by atoms with van der Waals surface area (Å²) in [7, 11) is 1.40. The molecule has 0 fully saturated rings. The molecule has 0 aromatic carbocycles. The predicted molar refractivity (Wildman–Crippen MR) is 72.2 cm³/mol. The standard InChI is InChI=1S/C10H16F3N5OS/c1-3-4-14-7-16-8(18-9(17-7)19-2)15-5-6-20-10(11,12)13/h3-6H2,1-2H3,(H2,14,15,16,17,18). The van der Waals surface area contributed by atoms with Crippen molar-refractivity contribution in [3.63, 3.8) is 0 Å². The molecular weight excluding hydrogens is 295 g/mol. The highest BCUT2D eigenvalue weighted by Crippen LogP contribution is 2.29. The number of hydrogen-bond acceptors (Lipinski definition) is 7. The Hall–Kier alpha value is -1.45. The van der Waals surface area contributed by atoms with E-state index in [1.165, 1.54) is 7.11 Å². The minimum Gasteiger partial charge on any atom is -0.467 e. The van der Waals surface area contributed by atoms with Gasteiger partial charge in [0.2, 0.25) is 11.9 Å². The molecule has 1 rings (SSSR count). The van der Waals surface area contributed by atoms with Crippen molar-refractivity contribution in [1.82, 2.24) is 15.0 Å². The van der Waals surface area contributed by atoms with Crippen molar-refractivity contribution in [2.24, 2.45) is 0 Å². The number of nitrogens with zero attached hydrogens (tertiary/aromatic N) is 3. The molecule has 114 valence electrons. The molecule has 6 nitrogen and oxygen atoms in total. The molecule has 0 atom stereocenters. The molecule has 0 radical (unpaired) electrons. The molecule has 10 heteroatoms. The molecule has 2 N–H and O–H groups in total. The highest BCUT2D eigenvalue weighted by atomic mass is 32.2. The Morgan fingerprint density at radius 3 is 2.20 bits per heavy atom. The molecular formula is C10H16F3N5OS. The van der Waals surface area contributed by atoms with E-state index < -0.39 is 5.51 Å². The molecule has 0 saturated heterocycles. The second-order valence-electron chi connectivity index (χ2n) is 3.62. The topological polar surface area (TPSA) is 72.0 Å². The summed E-state index contributed by atoms with van der Waals surface area (Å²) < 4.78 is 40.8. The van der Waals surface area contributed by atoms with Gasteiger partial charge in [0.05, 0.1) is 7.11 Å². The van der Waals surface area contributed by atoms with Gasteiger partial charge in [0.25, 0.3) is 0 Å². The van der Waals surface area contributed by atoms with Crippen LogP contribution < -0.4 is 15.4 Å². The third kappa shape index (κ3) is 6.64. The number of aromatic nitrogens is 3. The highest BCUT2D eigenvalue weighted by Gasteiger charge is 2.27. The van der Waals surface area contributed by atoms with Crippen LogP contribution in [0.3, 0.4) is 0 Å². The van der Waals surface area contributed by atoms with Crippen molar-refractivity contribution in [3.8, 4) is 6.01 Å². The zero-order valence-corrected chi connectivity index (χ0v) is 11.9. The fourth-order valence-corrected chi connectivity index (χ4v) is 1.61. The van der Waals surface area contributed by atoms with Crippen LogP contribution in [0.4, 0.5) is 25.1 Å². The van der Waals surface area contributed by atoms with Gasteiger partial charge < -0.3 is 15.4 Å². The van der Waals surface area contributed by atoms with Gasteiger partial charge in [-0.15, -0.1) is 0 Å². The van der Waals surface area contributed by atoms with E-state index in [0.29, 0.717) is 12.5 Å². The zero-order valence-electron chi connectivity index (χ0n) is 11.1. The van der Waals surface area contributed by atoms with Crippen molar-refractivity contribution in [1.29, 1.82) is 0 Å². The predicted octanol–water partition coefficient (Wildman–Crippen LogP) is 2.37. The number of methoxy groups -OCH3 is 1. The minimum absolute atomic E-state index is 0.0879. The molecule has 20 heavy (non-hydrogen) atoms. The molecule has 1 aromatic heterocycles. The lowest BCUT2D eigenvalue weighted by atomic mass is 10.5. The Kier molecular flexibility index (Phi) is 6.62. The van der Waals surface area contributed by atoms with E-state index in [1.807, 2.05) is 6.92 Å². The number of alkyl halides is 3. The molecule has 0 aliphatic carbocycles. The molecule has 0 amide bonds. The van der Waals surface area contributed by atoms with Gasteiger partial charge >= 0.3 is 11.5 Å². The maximum Gasteiger partial charge on any atom is 0.441 e. The lowest BCUT2D eigenvalue weighted by Gasteiger charge is -2.09. The fraction of sp³-hybridized carbons (Fsp3) is 0.700. The number of rotatable bonds is 8. The number of hydrogen-bond donors (Lipinski definition) is 2. The van der Waals surface area contributed by atoms with Crippen LogP contribution in [0.15, 0.2) is 0 Å². The van der Waals surface area contributed by atoms with E-state index in [2.05, 4.69) is 25.6 Å². The van der Waals surface area contributed by atoms with Gasteiger partial charge in [0.1, 0.15) is 0 Å². The van der Waals surface area contributed by atoms with E-state index in [-0.39, 0.29) is 36.0 Å². The van der Waals surface area contributed by atoms with E-state index in [4.69, 9.17) is 4.74 Å². The average molecular weight is 311 g/mol. The summed E-state index contributed by atoms with van der Waals surface area (Å²) in [4.78, 5) is 11.9. The summed E-state index contributed by atoms with van der Waals surface area (Å²) in [5.41, 5.74) is -4.23. The molecule has 0 unspecified atom stereocenters. The molecule has 1 heterocycles. The largest absolute Gasteiger partial charge is 0.467 e. The third-order valence-electron chi connectivity index (χ3n) is 1.98. The summed E-state index contributed by atoms with van der Waals surface area (Å²) in [6, 6.07) is 0.101. The van der Waals surface area contributed by atoms with Crippen LogP contribution in [-0.2, 0) is 0 Å². The summed E-state index contributed by atoms with van der Waals surface area (Å²) >= 11 is -0.0997. The van der Waals surface area contributed by atoms with Crippen LogP contribution in [0.5, 0.6) is 6.01 Å². The van der Waals surface area contributed by atoms with Crippen LogP contribution in [0.1, 0.15) is 13.3 Å². The van der Waals surface area contributed by atoms with Crippen LogP contribution >= 0.6 is 11.8 Å². The van der Waals surface area contributed by atoms with Gasteiger partial charge in [-0.25, -0.2) is 0 Å². The zero-order chi connectivity index (χ0) is 15.0. The second-order valence-corrected chi connectivity index (χ2v) is 4.78. The van der Waals surface area contributed by atoms with E-state index >= 15 is 0 Å². The molecule has 0 aliphatic heterocycles.